The fourth-order valence-corrected chi connectivity index (χ4v) is 2.19. The quantitative estimate of drug-likeness (QED) is 0.634. The van der Waals surface area contributed by atoms with E-state index in [1.54, 1.807) is 23.5 Å². The molecule has 1 aromatic heterocycles. The van der Waals surface area contributed by atoms with Crippen molar-refractivity contribution in [2.24, 2.45) is 0 Å². The molecule has 5 nitrogen and oxygen atoms in total. The van der Waals surface area contributed by atoms with Gasteiger partial charge in [-0.2, -0.15) is 0 Å². The molecule has 0 aliphatic heterocycles. The van der Waals surface area contributed by atoms with E-state index in [1.165, 1.54) is 12.1 Å². The number of aromatic nitrogens is 1. The number of hydrogen-bond donors (Lipinski definition) is 0. The largest absolute Gasteiger partial charge is 0.354 e. The maximum atomic E-state index is 10.5. The zero-order valence-electron chi connectivity index (χ0n) is 10.6. The summed E-state index contributed by atoms with van der Waals surface area (Å²) in [5, 5.41) is 11.5. The number of nitrogens with zero attached hydrogens (tertiary/aromatic N) is 3. The van der Waals surface area contributed by atoms with Crippen LogP contribution in [0.25, 0.3) is 12.2 Å². The monoisotopic (exact) mass is 275 g/mol. The number of hydrogen-bond acceptors (Lipinski definition) is 5. The van der Waals surface area contributed by atoms with Crippen molar-refractivity contribution in [2.75, 3.05) is 19.0 Å². The summed E-state index contributed by atoms with van der Waals surface area (Å²) >= 11 is 1.59. The van der Waals surface area contributed by atoms with Gasteiger partial charge >= 0.3 is 0 Å². The first-order chi connectivity index (χ1) is 9.06. The molecular weight excluding hydrogens is 262 g/mol. The third-order valence-electron chi connectivity index (χ3n) is 2.44. The van der Waals surface area contributed by atoms with Gasteiger partial charge < -0.3 is 4.90 Å². The molecule has 0 radical (unpaired) electrons. The van der Waals surface area contributed by atoms with E-state index in [2.05, 4.69) is 4.98 Å². The van der Waals surface area contributed by atoms with Gasteiger partial charge in [-0.05, 0) is 23.8 Å². The van der Waals surface area contributed by atoms with Gasteiger partial charge in [0.15, 0.2) is 5.13 Å². The molecule has 19 heavy (non-hydrogen) atoms. The molecule has 0 atom stereocenters. The van der Waals surface area contributed by atoms with Gasteiger partial charge in [0.25, 0.3) is 5.69 Å². The topological polar surface area (TPSA) is 59.3 Å². The lowest BCUT2D eigenvalue weighted by atomic mass is 10.2. The SMILES string of the molecule is CN(C)c1ncc(/C=C/c2ccc([N+](=O)[O-])cc2)s1. The van der Waals surface area contributed by atoms with Gasteiger partial charge in [0.1, 0.15) is 0 Å². The van der Waals surface area contributed by atoms with Crippen molar-refractivity contribution in [2.45, 2.75) is 0 Å². The van der Waals surface area contributed by atoms with Crippen LogP contribution in [0, 0.1) is 10.1 Å². The van der Waals surface area contributed by atoms with Crippen LogP contribution in [-0.4, -0.2) is 24.0 Å². The first-order valence-electron chi connectivity index (χ1n) is 5.62. The van der Waals surface area contributed by atoms with Crippen LogP contribution in [0.1, 0.15) is 10.4 Å². The van der Waals surface area contributed by atoms with E-state index >= 15 is 0 Å². The van der Waals surface area contributed by atoms with Gasteiger partial charge in [0, 0.05) is 37.3 Å². The molecule has 0 fully saturated rings. The van der Waals surface area contributed by atoms with Gasteiger partial charge in [0.05, 0.1) is 4.92 Å². The van der Waals surface area contributed by atoms with Gasteiger partial charge in [-0.1, -0.05) is 17.4 Å². The first-order valence-corrected chi connectivity index (χ1v) is 6.43. The summed E-state index contributed by atoms with van der Waals surface area (Å²) in [4.78, 5) is 17.4. The molecule has 0 aliphatic carbocycles. The summed E-state index contributed by atoms with van der Waals surface area (Å²) < 4.78 is 0. The Morgan fingerprint density at radius 1 is 1.26 bits per heavy atom. The summed E-state index contributed by atoms with van der Waals surface area (Å²) in [7, 11) is 3.89. The molecule has 0 saturated carbocycles. The van der Waals surface area contributed by atoms with Gasteiger partial charge in [-0.3, -0.25) is 10.1 Å². The van der Waals surface area contributed by atoms with E-state index in [0.717, 1.165) is 15.6 Å². The minimum Gasteiger partial charge on any atom is -0.354 e. The van der Waals surface area contributed by atoms with Crippen molar-refractivity contribution in [3.8, 4) is 0 Å². The molecule has 1 aromatic carbocycles. The highest BCUT2D eigenvalue weighted by molar-refractivity contribution is 7.16. The molecule has 0 spiro atoms. The fraction of sp³-hybridized carbons (Fsp3) is 0.154. The van der Waals surface area contributed by atoms with Crippen LogP contribution in [0.3, 0.4) is 0 Å². The molecule has 2 rings (SSSR count). The molecule has 0 amide bonds. The Labute approximate surface area is 115 Å². The molecule has 0 saturated heterocycles. The average Bonchev–Trinajstić information content (AvgIpc) is 2.86. The zero-order valence-corrected chi connectivity index (χ0v) is 11.4. The van der Waals surface area contributed by atoms with Crippen molar-refractivity contribution >= 4 is 34.3 Å². The summed E-state index contributed by atoms with van der Waals surface area (Å²) in [6.45, 7) is 0. The Kier molecular flexibility index (Phi) is 3.91. The minimum atomic E-state index is -0.403. The fourth-order valence-electron chi connectivity index (χ4n) is 1.45. The lowest BCUT2D eigenvalue weighted by molar-refractivity contribution is -0.384. The maximum Gasteiger partial charge on any atom is 0.269 e. The molecular formula is C13H13N3O2S. The van der Waals surface area contributed by atoms with Crippen LogP contribution in [0.4, 0.5) is 10.8 Å². The van der Waals surface area contributed by atoms with Crippen molar-refractivity contribution in [1.29, 1.82) is 0 Å². The van der Waals surface area contributed by atoms with Crippen LogP contribution in [0.5, 0.6) is 0 Å². The van der Waals surface area contributed by atoms with Gasteiger partial charge in [0.2, 0.25) is 0 Å². The van der Waals surface area contributed by atoms with E-state index in [0.29, 0.717) is 0 Å². The number of thiazole rings is 1. The second-order valence-corrected chi connectivity index (χ2v) is 5.16. The molecule has 0 aliphatic rings. The van der Waals surface area contributed by atoms with E-state index in [9.17, 15) is 10.1 Å². The van der Waals surface area contributed by atoms with Crippen molar-refractivity contribution in [3.05, 3.63) is 51.0 Å². The third kappa shape index (κ3) is 3.38. The third-order valence-corrected chi connectivity index (χ3v) is 3.57. The first kappa shape index (κ1) is 13.2. The molecule has 1 heterocycles. The molecule has 98 valence electrons. The molecule has 0 bridgehead atoms. The molecule has 6 heteroatoms. The van der Waals surface area contributed by atoms with Crippen LogP contribution in [0.2, 0.25) is 0 Å². The van der Waals surface area contributed by atoms with Crippen LogP contribution in [-0.2, 0) is 0 Å². The van der Waals surface area contributed by atoms with Crippen molar-refractivity contribution < 1.29 is 4.92 Å². The second kappa shape index (κ2) is 5.62. The van der Waals surface area contributed by atoms with Gasteiger partial charge in [-0.15, -0.1) is 0 Å². The lowest BCUT2D eigenvalue weighted by Crippen LogP contribution is -2.07. The van der Waals surface area contributed by atoms with E-state index in [1.807, 2.05) is 37.3 Å². The number of non-ortho nitro benzene ring substituents is 1. The summed E-state index contributed by atoms with van der Waals surface area (Å²) in [5.74, 6) is 0. The standard InChI is InChI=1S/C13H13N3O2S/c1-15(2)13-14-9-12(19-13)8-5-10-3-6-11(7-4-10)16(17)18/h3-9H,1-2H3/b8-5+. The Balaban J connectivity index is 2.11. The number of nitro groups is 1. The highest BCUT2D eigenvalue weighted by Gasteiger charge is 2.03. The van der Waals surface area contributed by atoms with Crippen molar-refractivity contribution in [3.63, 3.8) is 0 Å². The molecule has 0 N–H and O–H groups in total. The highest BCUT2D eigenvalue weighted by atomic mass is 32.1. The summed E-state index contributed by atoms with van der Waals surface area (Å²) in [6.07, 6.45) is 5.67. The van der Waals surface area contributed by atoms with Crippen LogP contribution >= 0.6 is 11.3 Å². The average molecular weight is 275 g/mol. The van der Waals surface area contributed by atoms with Crippen LogP contribution in [0.15, 0.2) is 30.5 Å². The number of rotatable bonds is 4. The molecule has 2 aromatic rings. The Bertz CT molecular complexity index is 603. The molecule has 0 unspecified atom stereocenters. The number of nitro benzene ring substituents is 1. The smallest absolute Gasteiger partial charge is 0.269 e. The van der Waals surface area contributed by atoms with E-state index in [4.69, 9.17) is 0 Å². The second-order valence-electron chi connectivity index (χ2n) is 4.12. The number of anilines is 1. The van der Waals surface area contributed by atoms with Gasteiger partial charge in [-0.25, -0.2) is 4.98 Å². The Hall–Kier alpha value is -2.21. The predicted octanol–water partition coefficient (Wildman–Crippen LogP) is 3.29. The Morgan fingerprint density at radius 2 is 1.95 bits per heavy atom. The van der Waals surface area contributed by atoms with E-state index < -0.39 is 4.92 Å². The minimum absolute atomic E-state index is 0.102. The van der Waals surface area contributed by atoms with Crippen LogP contribution < -0.4 is 4.90 Å². The zero-order chi connectivity index (χ0) is 13.8. The summed E-state index contributed by atoms with van der Waals surface area (Å²) in [6, 6.07) is 6.44. The highest BCUT2D eigenvalue weighted by Crippen LogP contribution is 2.22. The maximum absolute atomic E-state index is 10.5. The number of benzene rings is 1. The normalized spacial score (nSPS) is 10.8. The lowest BCUT2D eigenvalue weighted by Gasteiger charge is -2.04. The van der Waals surface area contributed by atoms with Crippen molar-refractivity contribution in [1.82, 2.24) is 4.98 Å². The predicted molar refractivity (Wildman–Crippen MR) is 78.5 cm³/mol. The summed E-state index contributed by atoms with van der Waals surface area (Å²) in [5.41, 5.74) is 1.02. The Morgan fingerprint density at radius 3 is 2.47 bits per heavy atom. The van der Waals surface area contributed by atoms with E-state index in [-0.39, 0.29) is 5.69 Å².